The Balaban J connectivity index is 2.30. The van der Waals surface area contributed by atoms with Gasteiger partial charge in [0.05, 0.1) is 20.2 Å². The second-order valence-corrected chi connectivity index (χ2v) is 5.97. The molecule has 104 valence electrons. The van der Waals surface area contributed by atoms with Gasteiger partial charge in [-0.25, -0.2) is 0 Å². The topological polar surface area (TPSA) is 49.3 Å². The Morgan fingerprint density at radius 1 is 1.10 bits per heavy atom. The SMILES string of the molecule is O=C(Nc1c(Cl)cc(Cl)cc1Cl)c1ccc(Br)c(O)c1. The van der Waals surface area contributed by atoms with Crippen LogP contribution in [0.4, 0.5) is 5.69 Å². The number of phenolic OH excluding ortho intramolecular Hbond substituents is 1. The summed E-state index contributed by atoms with van der Waals surface area (Å²) in [4.78, 5) is 12.1. The first-order valence-electron chi connectivity index (χ1n) is 5.33. The van der Waals surface area contributed by atoms with Crippen molar-refractivity contribution in [3.8, 4) is 5.75 Å². The second kappa shape index (κ2) is 6.22. The maximum Gasteiger partial charge on any atom is 0.255 e. The number of amides is 1. The Kier molecular flexibility index (Phi) is 4.81. The van der Waals surface area contributed by atoms with Crippen molar-refractivity contribution in [2.24, 2.45) is 0 Å². The average Bonchev–Trinajstić information content (AvgIpc) is 2.36. The first-order valence-corrected chi connectivity index (χ1v) is 7.25. The van der Waals surface area contributed by atoms with Crippen LogP contribution in [0.15, 0.2) is 34.8 Å². The molecule has 2 aromatic carbocycles. The van der Waals surface area contributed by atoms with Gasteiger partial charge in [0.15, 0.2) is 0 Å². The van der Waals surface area contributed by atoms with Gasteiger partial charge in [-0.15, -0.1) is 0 Å². The lowest BCUT2D eigenvalue weighted by Crippen LogP contribution is -2.12. The Morgan fingerprint density at radius 3 is 2.25 bits per heavy atom. The number of carbonyl (C=O) groups is 1. The van der Waals surface area contributed by atoms with Gasteiger partial charge in [-0.3, -0.25) is 4.79 Å². The molecule has 0 aliphatic carbocycles. The van der Waals surface area contributed by atoms with E-state index in [9.17, 15) is 9.90 Å². The average molecular weight is 395 g/mol. The van der Waals surface area contributed by atoms with Gasteiger partial charge in [-0.2, -0.15) is 0 Å². The molecule has 0 bridgehead atoms. The standard InChI is InChI=1S/C13H7BrCl3NO2/c14-8-2-1-6(3-11(8)19)13(20)18-12-9(16)4-7(15)5-10(12)17/h1-5,19H,(H,18,20). The van der Waals surface area contributed by atoms with Crippen LogP contribution in [-0.4, -0.2) is 11.0 Å². The van der Waals surface area contributed by atoms with Crippen LogP contribution in [-0.2, 0) is 0 Å². The van der Waals surface area contributed by atoms with Crippen LogP contribution in [0, 0.1) is 0 Å². The molecular formula is C13H7BrCl3NO2. The minimum atomic E-state index is -0.445. The van der Waals surface area contributed by atoms with Gasteiger partial charge in [0.25, 0.3) is 5.91 Å². The fourth-order valence-electron chi connectivity index (χ4n) is 1.50. The number of aromatic hydroxyl groups is 1. The van der Waals surface area contributed by atoms with Gasteiger partial charge in [0.1, 0.15) is 5.75 Å². The van der Waals surface area contributed by atoms with E-state index in [1.165, 1.54) is 18.2 Å². The zero-order valence-electron chi connectivity index (χ0n) is 9.75. The number of anilines is 1. The summed E-state index contributed by atoms with van der Waals surface area (Å²) in [5.41, 5.74) is 0.540. The van der Waals surface area contributed by atoms with Crippen LogP contribution in [0.1, 0.15) is 10.4 Å². The van der Waals surface area contributed by atoms with Crippen molar-refractivity contribution < 1.29 is 9.90 Å². The van der Waals surface area contributed by atoms with Crippen LogP contribution in [0.25, 0.3) is 0 Å². The molecule has 0 unspecified atom stereocenters. The zero-order valence-corrected chi connectivity index (χ0v) is 13.6. The van der Waals surface area contributed by atoms with E-state index in [1.54, 1.807) is 12.1 Å². The number of rotatable bonds is 2. The van der Waals surface area contributed by atoms with Crippen LogP contribution >= 0.6 is 50.7 Å². The van der Waals surface area contributed by atoms with Crippen LogP contribution in [0.2, 0.25) is 15.1 Å². The van der Waals surface area contributed by atoms with E-state index in [0.29, 0.717) is 9.50 Å². The van der Waals surface area contributed by atoms with Crippen molar-refractivity contribution in [2.45, 2.75) is 0 Å². The number of halogens is 4. The Hall–Kier alpha value is -0.940. The smallest absolute Gasteiger partial charge is 0.255 e. The number of hydrogen-bond donors (Lipinski definition) is 2. The lowest BCUT2D eigenvalue weighted by atomic mass is 10.2. The predicted octanol–water partition coefficient (Wildman–Crippen LogP) is 5.37. The third kappa shape index (κ3) is 3.38. The van der Waals surface area contributed by atoms with E-state index < -0.39 is 5.91 Å². The summed E-state index contributed by atoms with van der Waals surface area (Å²) in [5.74, 6) is -0.482. The molecule has 7 heteroatoms. The molecule has 3 nitrogen and oxygen atoms in total. The van der Waals surface area contributed by atoms with Gasteiger partial charge in [0, 0.05) is 10.6 Å². The van der Waals surface area contributed by atoms with E-state index >= 15 is 0 Å². The molecule has 2 N–H and O–H groups in total. The molecule has 0 aromatic heterocycles. The van der Waals surface area contributed by atoms with E-state index in [2.05, 4.69) is 21.2 Å². The van der Waals surface area contributed by atoms with Crippen molar-refractivity contribution in [1.29, 1.82) is 0 Å². The van der Waals surface area contributed by atoms with Crippen LogP contribution in [0.5, 0.6) is 5.75 Å². The van der Waals surface area contributed by atoms with Crippen molar-refractivity contribution >= 4 is 62.3 Å². The van der Waals surface area contributed by atoms with Gasteiger partial charge in [0.2, 0.25) is 0 Å². The van der Waals surface area contributed by atoms with Crippen molar-refractivity contribution in [3.63, 3.8) is 0 Å². The first kappa shape index (κ1) is 15.4. The molecule has 0 aliphatic heterocycles. The quantitative estimate of drug-likeness (QED) is 0.718. The molecular weight excluding hydrogens is 388 g/mol. The minimum absolute atomic E-state index is 0.0362. The van der Waals surface area contributed by atoms with E-state index in [-0.39, 0.29) is 27.0 Å². The lowest BCUT2D eigenvalue weighted by molar-refractivity contribution is 0.102. The fourth-order valence-corrected chi connectivity index (χ4v) is 2.66. The molecule has 0 spiro atoms. The van der Waals surface area contributed by atoms with Crippen LogP contribution < -0.4 is 5.32 Å². The largest absolute Gasteiger partial charge is 0.507 e. The monoisotopic (exact) mass is 393 g/mol. The Labute approximate surface area is 138 Å². The Morgan fingerprint density at radius 2 is 1.70 bits per heavy atom. The molecule has 20 heavy (non-hydrogen) atoms. The molecule has 0 fully saturated rings. The highest BCUT2D eigenvalue weighted by molar-refractivity contribution is 9.10. The molecule has 0 radical (unpaired) electrons. The van der Waals surface area contributed by atoms with Gasteiger partial charge in [-0.05, 0) is 46.3 Å². The molecule has 1 amide bonds. The molecule has 0 saturated carbocycles. The summed E-state index contributed by atoms with van der Waals surface area (Å²) >= 11 is 20.9. The van der Waals surface area contributed by atoms with E-state index in [4.69, 9.17) is 34.8 Å². The number of nitrogens with one attached hydrogen (secondary N) is 1. The molecule has 2 aromatic rings. The highest BCUT2D eigenvalue weighted by atomic mass is 79.9. The van der Waals surface area contributed by atoms with Crippen molar-refractivity contribution in [2.75, 3.05) is 5.32 Å². The number of phenols is 1. The summed E-state index contributed by atoms with van der Waals surface area (Å²) in [7, 11) is 0. The number of hydrogen-bond acceptors (Lipinski definition) is 2. The molecule has 0 aliphatic rings. The minimum Gasteiger partial charge on any atom is -0.507 e. The third-order valence-electron chi connectivity index (χ3n) is 2.45. The third-order valence-corrected chi connectivity index (χ3v) is 3.94. The Bertz CT molecular complexity index is 668. The first-order chi connectivity index (χ1) is 9.38. The van der Waals surface area contributed by atoms with Crippen molar-refractivity contribution in [1.82, 2.24) is 0 Å². The molecule has 2 rings (SSSR count). The van der Waals surface area contributed by atoms with Gasteiger partial charge >= 0.3 is 0 Å². The molecule has 0 saturated heterocycles. The normalized spacial score (nSPS) is 10.4. The van der Waals surface area contributed by atoms with Crippen molar-refractivity contribution in [3.05, 3.63) is 55.4 Å². The van der Waals surface area contributed by atoms with Gasteiger partial charge in [-0.1, -0.05) is 34.8 Å². The predicted molar refractivity (Wildman–Crippen MR) is 85.2 cm³/mol. The summed E-state index contributed by atoms with van der Waals surface area (Å²) < 4.78 is 0.497. The van der Waals surface area contributed by atoms with Crippen LogP contribution in [0.3, 0.4) is 0 Å². The maximum atomic E-state index is 12.1. The summed E-state index contributed by atoms with van der Waals surface area (Å²) in [6.07, 6.45) is 0. The highest BCUT2D eigenvalue weighted by Crippen LogP contribution is 2.34. The number of benzene rings is 2. The molecule has 0 heterocycles. The second-order valence-electron chi connectivity index (χ2n) is 3.86. The summed E-state index contributed by atoms with van der Waals surface area (Å²) in [6.45, 7) is 0. The zero-order chi connectivity index (χ0) is 14.9. The van der Waals surface area contributed by atoms with Gasteiger partial charge < -0.3 is 10.4 Å². The maximum absolute atomic E-state index is 12.1. The summed E-state index contributed by atoms with van der Waals surface area (Å²) in [5, 5.41) is 13.0. The van der Waals surface area contributed by atoms with E-state index in [1.807, 2.05) is 0 Å². The van der Waals surface area contributed by atoms with E-state index in [0.717, 1.165) is 0 Å². The lowest BCUT2D eigenvalue weighted by Gasteiger charge is -2.10. The molecule has 0 atom stereocenters. The highest BCUT2D eigenvalue weighted by Gasteiger charge is 2.13. The number of carbonyl (C=O) groups excluding carboxylic acids is 1. The fraction of sp³-hybridized carbons (Fsp3) is 0. The summed E-state index contributed by atoms with van der Waals surface area (Å²) in [6, 6.07) is 7.40.